The number of halogens is 1. The zero-order chi connectivity index (χ0) is 7.11. The third kappa shape index (κ3) is 7.56. The fraction of sp³-hybridized carbons (Fsp3) is 0.833. The number of urea groups is 1. The fourth-order valence-electron chi connectivity index (χ4n) is 0.467. The summed E-state index contributed by atoms with van der Waals surface area (Å²) in [6.45, 7) is 2.86. The molecule has 0 heterocycles. The first kappa shape index (κ1) is 12.3. The van der Waals surface area contributed by atoms with Crippen LogP contribution in [0.4, 0.5) is 4.79 Å². The SMILES string of the molecule is CCCCNC(=O)NC.Cl. The fourth-order valence-corrected chi connectivity index (χ4v) is 0.467. The molecule has 0 rings (SSSR count). The number of hydrogen-bond acceptors (Lipinski definition) is 1. The molecule has 0 aromatic carbocycles. The molecule has 0 aliphatic heterocycles. The molecule has 0 spiro atoms. The van der Waals surface area contributed by atoms with Gasteiger partial charge in [-0.2, -0.15) is 0 Å². The van der Waals surface area contributed by atoms with Crippen molar-refractivity contribution in [3.05, 3.63) is 0 Å². The van der Waals surface area contributed by atoms with Crippen LogP contribution in [0.3, 0.4) is 0 Å². The Morgan fingerprint density at radius 1 is 1.50 bits per heavy atom. The monoisotopic (exact) mass is 166 g/mol. The zero-order valence-electron chi connectivity index (χ0n) is 6.44. The Bertz CT molecular complexity index is 87.8. The van der Waals surface area contributed by atoms with Crippen molar-refractivity contribution in [1.82, 2.24) is 10.6 Å². The van der Waals surface area contributed by atoms with E-state index in [0.29, 0.717) is 0 Å². The van der Waals surface area contributed by atoms with Gasteiger partial charge >= 0.3 is 6.03 Å². The highest BCUT2D eigenvalue weighted by Crippen LogP contribution is 1.81. The topological polar surface area (TPSA) is 41.1 Å². The number of carbonyl (C=O) groups excluding carboxylic acids is 1. The van der Waals surface area contributed by atoms with Gasteiger partial charge in [-0.3, -0.25) is 0 Å². The van der Waals surface area contributed by atoms with Gasteiger partial charge in [0.25, 0.3) is 0 Å². The van der Waals surface area contributed by atoms with Crippen molar-refractivity contribution in [2.75, 3.05) is 13.6 Å². The number of nitrogens with one attached hydrogen (secondary N) is 2. The van der Waals surface area contributed by atoms with Crippen LogP contribution in [0.25, 0.3) is 0 Å². The van der Waals surface area contributed by atoms with E-state index in [1.54, 1.807) is 7.05 Å². The van der Waals surface area contributed by atoms with E-state index in [1.165, 1.54) is 0 Å². The second-order valence-electron chi connectivity index (χ2n) is 1.86. The first-order valence-corrected chi connectivity index (χ1v) is 3.26. The summed E-state index contributed by atoms with van der Waals surface area (Å²) in [5.74, 6) is 0. The molecule has 0 saturated carbocycles. The van der Waals surface area contributed by atoms with Crippen molar-refractivity contribution in [2.24, 2.45) is 0 Å². The highest BCUT2D eigenvalue weighted by atomic mass is 35.5. The Balaban J connectivity index is 0. The summed E-state index contributed by atoms with van der Waals surface area (Å²) in [6, 6.07) is -0.0940. The van der Waals surface area contributed by atoms with E-state index in [2.05, 4.69) is 17.6 Å². The van der Waals surface area contributed by atoms with Gasteiger partial charge < -0.3 is 10.6 Å². The van der Waals surface area contributed by atoms with Crippen LogP contribution in [0.5, 0.6) is 0 Å². The van der Waals surface area contributed by atoms with Crippen LogP contribution >= 0.6 is 12.4 Å². The molecule has 0 fully saturated rings. The normalized spacial score (nSPS) is 7.80. The molecule has 0 atom stereocenters. The molecular weight excluding hydrogens is 152 g/mol. The standard InChI is InChI=1S/C6H14N2O.ClH/c1-3-4-5-8-6(9)7-2;/h3-5H2,1-2H3,(H2,7,8,9);1H. The summed E-state index contributed by atoms with van der Waals surface area (Å²) >= 11 is 0. The van der Waals surface area contributed by atoms with Crippen molar-refractivity contribution in [1.29, 1.82) is 0 Å². The Hall–Kier alpha value is -0.440. The lowest BCUT2D eigenvalue weighted by atomic mass is 10.3. The molecular formula is C6H15ClN2O. The summed E-state index contributed by atoms with van der Waals surface area (Å²) in [7, 11) is 1.61. The van der Waals surface area contributed by atoms with Crippen LogP contribution in [-0.4, -0.2) is 19.6 Å². The predicted molar refractivity (Wildman–Crippen MR) is 44.6 cm³/mol. The Morgan fingerprint density at radius 2 is 2.10 bits per heavy atom. The van der Waals surface area contributed by atoms with Gasteiger partial charge in [0, 0.05) is 13.6 Å². The van der Waals surface area contributed by atoms with Crippen molar-refractivity contribution in [2.45, 2.75) is 19.8 Å². The average molecular weight is 167 g/mol. The van der Waals surface area contributed by atoms with Gasteiger partial charge in [-0.15, -0.1) is 12.4 Å². The summed E-state index contributed by atoms with van der Waals surface area (Å²) < 4.78 is 0. The third-order valence-corrected chi connectivity index (χ3v) is 1.04. The van der Waals surface area contributed by atoms with Crippen molar-refractivity contribution in [3.8, 4) is 0 Å². The molecule has 3 nitrogen and oxygen atoms in total. The molecule has 0 aromatic rings. The first-order valence-electron chi connectivity index (χ1n) is 3.26. The maximum Gasteiger partial charge on any atom is 0.314 e. The second-order valence-corrected chi connectivity index (χ2v) is 1.86. The molecule has 0 aliphatic carbocycles. The van der Waals surface area contributed by atoms with Crippen LogP contribution < -0.4 is 10.6 Å². The molecule has 10 heavy (non-hydrogen) atoms. The molecule has 0 bridgehead atoms. The average Bonchev–Trinajstić information content (AvgIpc) is 1.89. The minimum Gasteiger partial charge on any atom is -0.341 e. The highest BCUT2D eigenvalue weighted by molar-refractivity contribution is 5.85. The second kappa shape index (κ2) is 8.56. The zero-order valence-corrected chi connectivity index (χ0v) is 7.25. The number of amides is 2. The van der Waals surface area contributed by atoms with Crippen molar-refractivity contribution in [3.63, 3.8) is 0 Å². The van der Waals surface area contributed by atoms with E-state index >= 15 is 0 Å². The van der Waals surface area contributed by atoms with E-state index in [0.717, 1.165) is 19.4 Å². The van der Waals surface area contributed by atoms with E-state index in [9.17, 15) is 4.79 Å². The maximum absolute atomic E-state index is 10.5. The molecule has 62 valence electrons. The minimum absolute atomic E-state index is 0. The Morgan fingerprint density at radius 3 is 2.50 bits per heavy atom. The van der Waals surface area contributed by atoms with Gasteiger partial charge in [-0.05, 0) is 6.42 Å². The van der Waals surface area contributed by atoms with Crippen LogP contribution in [0.15, 0.2) is 0 Å². The van der Waals surface area contributed by atoms with Gasteiger partial charge in [0.1, 0.15) is 0 Å². The van der Waals surface area contributed by atoms with Gasteiger partial charge in [0.05, 0.1) is 0 Å². The van der Waals surface area contributed by atoms with Crippen LogP contribution in [0, 0.1) is 0 Å². The largest absolute Gasteiger partial charge is 0.341 e. The third-order valence-electron chi connectivity index (χ3n) is 1.04. The van der Waals surface area contributed by atoms with E-state index in [4.69, 9.17) is 0 Å². The lowest BCUT2D eigenvalue weighted by Crippen LogP contribution is -2.33. The summed E-state index contributed by atoms with van der Waals surface area (Å²) in [5.41, 5.74) is 0. The maximum atomic E-state index is 10.5. The van der Waals surface area contributed by atoms with Crippen molar-refractivity contribution < 1.29 is 4.79 Å². The lowest BCUT2D eigenvalue weighted by molar-refractivity contribution is 0.243. The number of carbonyl (C=O) groups is 1. The molecule has 0 radical (unpaired) electrons. The molecule has 0 aromatic heterocycles. The van der Waals surface area contributed by atoms with Crippen LogP contribution in [-0.2, 0) is 0 Å². The number of rotatable bonds is 3. The number of unbranched alkanes of at least 4 members (excludes halogenated alkanes) is 1. The van der Waals surface area contributed by atoms with Gasteiger partial charge in [0.2, 0.25) is 0 Å². The summed E-state index contributed by atoms with van der Waals surface area (Å²) in [5, 5.41) is 5.16. The Labute approximate surface area is 68.0 Å². The first-order chi connectivity index (χ1) is 4.31. The van der Waals surface area contributed by atoms with Crippen molar-refractivity contribution >= 4 is 18.4 Å². The van der Waals surface area contributed by atoms with Gasteiger partial charge in [-0.1, -0.05) is 13.3 Å². The Kier molecular flexibility index (Phi) is 10.5. The van der Waals surface area contributed by atoms with Crippen LogP contribution in [0.1, 0.15) is 19.8 Å². The molecule has 0 saturated heterocycles. The summed E-state index contributed by atoms with van der Waals surface area (Å²) in [4.78, 5) is 10.5. The molecule has 2 N–H and O–H groups in total. The van der Waals surface area contributed by atoms with E-state index in [1.807, 2.05) is 0 Å². The lowest BCUT2D eigenvalue weighted by Gasteiger charge is -2.00. The smallest absolute Gasteiger partial charge is 0.314 e. The minimum atomic E-state index is -0.0940. The van der Waals surface area contributed by atoms with E-state index < -0.39 is 0 Å². The number of hydrogen-bond donors (Lipinski definition) is 2. The molecule has 0 aliphatic rings. The quantitative estimate of drug-likeness (QED) is 0.607. The van der Waals surface area contributed by atoms with Gasteiger partial charge in [0.15, 0.2) is 0 Å². The summed E-state index contributed by atoms with van der Waals surface area (Å²) in [6.07, 6.45) is 2.16. The van der Waals surface area contributed by atoms with E-state index in [-0.39, 0.29) is 18.4 Å². The molecule has 0 unspecified atom stereocenters. The van der Waals surface area contributed by atoms with Gasteiger partial charge in [-0.25, -0.2) is 4.79 Å². The van der Waals surface area contributed by atoms with Crippen LogP contribution in [0.2, 0.25) is 0 Å². The highest BCUT2D eigenvalue weighted by Gasteiger charge is 1.90. The predicted octanol–water partition coefficient (Wildman–Crippen LogP) is 1.14. The molecule has 2 amide bonds. The molecule has 4 heteroatoms.